The molecule has 0 bridgehead atoms. The monoisotopic (exact) mass is 446 g/mol. The van der Waals surface area contributed by atoms with Crippen molar-refractivity contribution in [1.82, 2.24) is 0 Å². The van der Waals surface area contributed by atoms with Gasteiger partial charge < -0.3 is 23.7 Å². The minimum Gasteiger partial charge on any atom is -0.493 e. The molecule has 4 unspecified atom stereocenters. The van der Waals surface area contributed by atoms with Gasteiger partial charge >= 0.3 is 11.9 Å². The molecule has 1 aromatic heterocycles. The van der Waals surface area contributed by atoms with Gasteiger partial charge in [0.25, 0.3) is 0 Å². The smallest absolute Gasteiger partial charge is 0.317 e. The lowest BCUT2D eigenvalue weighted by atomic mass is 9.61. The lowest BCUT2D eigenvalue weighted by molar-refractivity contribution is -0.172. The third-order valence-corrected chi connectivity index (χ3v) is 6.22. The van der Waals surface area contributed by atoms with Crippen LogP contribution in [0.3, 0.4) is 0 Å². The highest BCUT2D eigenvalue weighted by Gasteiger charge is 2.57. The third kappa shape index (κ3) is 3.99. The van der Waals surface area contributed by atoms with Crippen molar-refractivity contribution in [3.05, 3.63) is 29.0 Å². The predicted octanol–water partition coefficient (Wildman–Crippen LogP) is 3.22. The van der Waals surface area contributed by atoms with Crippen LogP contribution in [0.15, 0.2) is 16.5 Å². The number of carbonyl (C=O) groups is 3. The molecule has 1 aliphatic rings. The average Bonchev–Trinajstić information content (AvgIpc) is 3.00. The van der Waals surface area contributed by atoms with Gasteiger partial charge in [-0.3, -0.25) is 14.4 Å². The number of furan rings is 1. The van der Waals surface area contributed by atoms with Gasteiger partial charge in [0.05, 0.1) is 31.8 Å². The first kappa shape index (κ1) is 23.8. The van der Waals surface area contributed by atoms with Crippen LogP contribution in [0.1, 0.15) is 50.0 Å². The maximum Gasteiger partial charge on any atom is 0.317 e. The molecule has 8 nitrogen and oxygen atoms in total. The van der Waals surface area contributed by atoms with Crippen LogP contribution in [0, 0.1) is 25.7 Å². The summed E-state index contributed by atoms with van der Waals surface area (Å²) in [4.78, 5) is 39.0. The lowest BCUT2D eigenvalue weighted by Gasteiger charge is -2.43. The van der Waals surface area contributed by atoms with E-state index in [1.807, 2.05) is 13.8 Å². The fourth-order valence-electron chi connectivity index (χ4n) is 4.65. The molecule has 2 aromatic rings. The van der Waals surface area contributed by atoms with Gasteiger partial charge in [-0.25, -0.2) is 0 Å². The van der Waals surface area contributed by atoms with Crippen molar-refractivity contribution in [2.75, 3.05) is 20.3 Å². The number of aryl methyl sites for hydroxylation is 2. The minimum atomic E-state index is -1.71. The Labute approximate surface area is 186 Å². The van der Waals surface area contributed by atoms with Gasteiger partial charge in [-0.05, 0) is 57.9 Å². The number of fused-ring (bicyclic) bond motifs is 1. The highest BCUT2D eigenvalue weighted by atomic mass is 16.5. The van der Waals surface area contributed by atoms with Crippen LogP contribution in [0.2, 0.25) is 0 Å². The Morgan fingerprint density at radius 2 is 1.78 bits per heavy atom. The first-order valence-electron chi connectivity index (χ1n) is 10.7. The number of benzene rings is 1. The van der Waals surface area contributed by atoms with E-state index in [0.717, 1.165) is 10.9 Å². The van der Waals surface area contributed by atoms with E-state index in [0.29, 0.717) is 22.7 Å². The molecule has 1 heterocycles. The van der Waals surface area contributed by atoms with E-state index in [9.17, 15) is 19.5 Å². The van der Waals surface area contributed by atoms with E-state index in [4.69, 9.17) is 18.6 Å². The van der Waals surface area contributed by atoms with Crippen molar-refractivity contribution < 1.29 is 38.1 Å². The molecule has 1 N–H and O–H groups in total. The lowest BCUT2D eigenvalue weighted by Crippen LogP contribution is -2.55. The second-order valence-corrected chi connectivity index (χ2v) is 8.37. The summed E-state index contributed by atoms with van der Waals surface area (Å²) in [6.07, 6.45) is -0.361. The normalized spacial score (nSPS) is 25.6. The molecule has 0 radical (unpaired) electrons. The molecular weight excluding hydrogens is 416 g/mol. The molecule has 174 valence electrons. The number of esters is 2. The van der Waals surface area contributed by atoms with Gasteiger partial charge in [-0.15, -0.1) is 0 Å². The molecule has 4 atom stereocenters. The number of hydrogen-bond acceptors (Lipinski definition) is 8. The quantitative estimate of drug-likeness (QED) is 0.532. The summed E-state index contributed by atoms with van der Waals surface area (Å²) in [5, 5.41) is 11.9. The Morgan fingerprint density at radius 3 is 2.38 bits per heavy atom. The molecule has 0 aliphatic heterocycles. The first-order valence-corrected chi connectivity index (χ1v) is 10.7. The van der Waals surface area contributed by atoms with Gasteiger partial charge in [0.2, 0.25) is 0 Å². The fourth-order valence-corrected chi connectivity index (χ4v) is 4.65. The highest BCUT2D eigenvalue weighted by molar-refractivity contribution is 6.03. The fraction of sp³-hybridized carbons (Fsp3) is 0.542. The maximum absolute atomic E-state index is 13.1. The molecular formula is C24H30O8. The summed E-state index contributed by atoms with van der Waals surface area (Å²) in [5.41, 5.74) is 0.179. The number of Topliss-reactive ketones (excluding diaryl/α,β-unsaturated/α-hetero) is 1. The molecule has 1 saturated carbocycles. The van der Waals surface area contributed by atoms with Crippen LogP contribution in [-0.2, 0) is 23.9 Å². The summed E-state index contributed by atoms with van der Waals surface area (Å²) in [6.45, 7) is 8.61. The third-order valence-electron chi connectivity index (χ3n) is 6.22. The summed E-state index contributed by atoms with van der Waals surface area (Å²) in [5.74, 6) is -4.22. The van der Waals surface area contributed by atoms with Gasteiger partial charge in [-0.2, -0.15) is 0 Å². The van der Waals surface area contributed by atoms with Crippen molar-refractivity contribution in [1.29, 1.82) is 0 Å². The highest BCUT2D eigenvalue weighted by Crippen LogP contribution is 2.48. The minimum absolute atomic E-state index is 0.0815. The standard InChI is InChI=1S/C24H30O8/c1-7-30-22(26)19-16(25)11-24(5,28)20(23(27)31-8-2)18(19)14-9-15-12(3)13(4)32-21(15)17(10-14)29-6/h9-10,18-20,28H,7-8,11H2,1-6H3. The molecule has 32 heavy (non-hydrogen) atoms. The molecule has 0 spiro atoms. The van der Waals surface area contributed by atoms with Crippen molar-refractivity contribution in [2.24, 2.45) is 11.8 Å². The largest absolute Gasteiger partial charge is 0.493 e. The van der Waals surface area contributed by atoms with Crippen LogP contribution >= 0.6 is 0 Å². The van der Waals surface area contributed by atoms with Crippen molar-refractivity contribution in [3.63, 3.8) is 0 Å². The Balaban J connectivity index is 2.30. The zero-order valence-corrected chi connectivity index (χ0v) is 19.3. The van der Waals surface area contributed by atoms with E-state index in [1.165, 1.54) is 14.0 Å². The zero-order valence-electron chi connectivity index (χ0n) is 19.3. The zero-order chi connectivity index (χ0) is 23.8. The van der Waals surface area contributed by atoms with Crippen molar-refractivity contribution in [3.8, 4) is 5.75 Å². The molecule has 3 rings (SSSR count). The molecule has 1 aromatic carbocycles. The first-order chi connectivity index (χ1) is 15.1. The van der Waals surface area contributed by atoms with E-state index >= 15 is 0 Å². The van der Waals surface area contributed by atoms with Crippen LogP contribution in [0.25, 0.3) is 11.0 Å². The summed E-state index contributed by atoms with van der Waals surface area (Å²) in [7, 11) is 1.49. The number of methoxy groups -OCH3 is 1. The number of aliphatic hydroxyl groups is 1. The van der Waals surface area contributed by atoms with Gasteiger partial charge in [0.15, 0.2) is 17.1 Å². The summed E-state index contributed by atoms with van der Waals surface area (Å²) >= 11 is 0. The molecule has 8 heteroatoms. The number of ketones is 1. The number of carbonyl (C=O) groups excluding carboxylic acids is 3. The Bertz CT molecular complexity index is 1050. The van der Waals surface area contributed by atoms with Crippen LogP contribution in [0.4, 0.5) is 0 Å². The Hall–Kier alpha value is -2.87. The van der Waals surface area contributed by atoms with E-state index in [-0.39, 0.29) is 19.6 Å². The number of rotatable bonds is 6. The Morgan fingerprint density at radius 1 is 1.16 bits per heavy atom. The second kappa shape index (κ2) is 8.94. The maximum atomic E-state index is 13.1. The molecule has 1 fully saturated rings. The van der Waals surface area contributed by atoms with Gasteiger partial charge in [0, 0.05) is 17.7 Å². The van der Waals surface area contributed by atoms with Gasteiger partial charge in [0.1, 0.15) is 11.7 Å². The second-order valence-electron chi connectivity index (χ2n) is 8.37. The van der Waals surface area contributed by atoms with Crippen LogP contribution in [0.5, 0.6) is 5.75 Å². The van der Waals surface area contributed by atoms with Crippen LogP contribution in [-0.4, -0.2) is 48.8 Å². The van der Waals surface area contributed by atoms with E-state index < -0.39 is 41.1 Å². The van der Waals surface area contributed by atoms with E-state index in [2.05, 4.69) is 0 Å². The number of ether oxygens (including phenoxy) is 3. The summed E-state index contributed by atoms with van der Waals surface area (Å²) in [6, 6.07) is 3.42. The number of hydrogen-bond donors (Lipinski definition) is 1. The predicted molar refractivity (Wildman–Crippen MR) is 115 cm³/mol. The van der Waals surface area contributed by atoms with Gasteiger partial charge in [-0.1, -0.05) is 0 Å². The molecule has 1 aliphatic carbocycles. The average molecular weight is 446 g/mol. The molecule has 0 amide bonds. The SMILES string of the molecule is CCOC(=O)C1C(=O)CC(C)(O)C(C(=O)OCC)C1c1cc(OC)c2oc(C)c(C)c2c1. The van der Waals surface area contributed by atoms with Crippen molar-refractivity contribution in [2.45, 2.75) is 52.6 Å². The van der Waals surface area contributed by atoms with Crippen LogP contribution < -0.4 is 4.74 Å². The molecule has 0 saturated heterocycles. The Kier molecular flexibility index (Phi) is 6.64. The van der Waals surface area contributed by atoms with E-state index in [1.54, 1.807) is 26.0 Å². The topological polar surface area (TPSA) is 112 Å². The van der Waals surface area contributed by atoms with Crippen molar-refractivity contribution >= 4 is 28.7 Å². The summed E-state index contributed by atoms with van der Waals surface area (Å²) < 4.78 is 21.8.